The molecule has 4 aliphatic rings. The van der Waals surface area contributed by atoms with E-state index < -0.39 is 0 Å². The van der Waals surface area contributed by atoms with Crippen LogP contribution in [-0.2, 0) is 36.9 Å². The first-order valence-electron chi connectivity index (χ1n) is 12.1. The van der Waals surface area contributed by atoms with E-state index in [1.807, 2.05) is 4.90 Å². The van der Waals surface area contributed by atoms with Crippen molar-refractivity contribution in [1.82, 2.24) is 10.2 Å². The Kier molecular flexibility index (Phi) is 5.35. The highest BCUT2D eigenvalue weighted by Crippen LogP contribution is 2.47. The van der Waals surface area contributed by atoms with Gasteiger partial charge in [-0.05, 0) is 110 Å². The van der Waals surface area contributed by atoms with E-state index >= 15 is 0 Å². The number of aryl methyl sites for hydroxylation is 2. The number of rotatable bonds is 5. The lowest BCUT2D eigenvalue weighted by atomic mass is 9.74. The van der Waals surface area contributed by atoms with Crippen LogP contribution < -0.4 is 5.32 Å². The first kappa shape index (κ1) is 20.1. The zero-order valence-corrected chi connectivity index (χ0v) is 18.5. The number of likely N-dealkylation sites (tertiary alicyclic amines) is 1. The number of fused-ring (bicyclic) bond motifs is 3. The third kappa shape index (κ3) is 3.66. The summed E-state index contributed by atoms with van der Waals surface area (Å²) in [6.07, 6.45) is 10.5. The molecule has 1 amide bonds. The Hall–Kier alpha value is -1.86. The van der Waals surface area contributed by atoms with Crippen molar-refractivity contribution in [3.05, 3.63) is 33.9 Å². The van der Waals surface area contributed by atoms with Crippen molar-refractivity contribution in [1.29, 1.82) is 5.26 Å². The van der Waals surface area contributed by atoms with E-state index in [9.17, 15) is 10.1 Å². The van der Waals surface area contributed by atoms with Crippen LogP contribution in [0.15, 0.2) is 6.07 Å². The normalized spacial score (nSPS) is 31.5. The number of carbonyl (C=O) groups excluding carboxylic acids is 1. The summed E-state index contributed by atoms with van der Waals surface area (Å²) in [6.45, 7) is 5.99. The number of benzene rings is 1. The van der Waals surface area contributed by atoms with E-state index in [0.717, 1.165) is 37.6 Å². The Balaban J connectivity index is 1.27. The fraction of sp³-hybridized carbons (Fsp3) is 0.692. The monoisotopic (exact) mass is 405 g/mol. The van der Waals surface area contributed by atoms with Crippen molar-refractivity contribution in [3.8, 4) is 6.07 Å². The van der Waals surface area contributed by atoms with Crippen LogP contribution in [0, 0.1) is 29.1 Å². The van der Waals surface area contributed by atoms with Crippen molar-refractivity contribution in [3.63, 3.8) is 0 Å². The molecule has 5 atom stereocenters. The summed E-state index contributed by atoms with van der Waals surface area (Å²) in [5.74, 6) is 2.25. The molecule has 0 aromatic heterocycles. The Morgan fingerprint density at radius 1 is 1.13 bits per heavy atom. The largest absolute Gasteiger partial charge is 0.322 e. The highest BCUT2D eigenvalue weighted by molar-refractivity contribution is 5.80. The molecule has 5 rings (SSSR count). The molecule has 1 N–H and O–H groups in total. The van der Waals surface area contributed by atoms with E-state index in [1.165, 1.54) is 38.5 Å². The van der Waals surface area contributed by atoms with Gasteiger partial charge in [-0.15, -0.1) is 0 Å². The van der Waals surface area contributed by atoms with Gasteiger partial charge in [-0.1, -0.05) is 19.9 Å². The van der Waals surface area contributed by atoms with Gasteiger partial charge in [-0.3, -0.25) is 4.79 Å². The summed E-state index contributed by atoms with van der Waals surface area (Å²) in [6, 6.07) is 5.01. The van der Waals surface area contributed by atoms with Crippen LogP contribution in [0.1, 0.15) is 67.3 Å². The van der Waals surface area contributed by atoms with Crippen LogP contribution in [0.2, 0.25) is 0 Å². The van der Waals surface area contributed by atoms with Gasteiger partial charge < -0.3 is 10.2 Å². The molecule has 3 aliphatic carbocycles. The van der Waals surface area contributed by atoms with Gasteiger partial charge in [-0.25, -0.2) is 0 Å². The Morgan fingerprint density at radius 2 is 1.80 bits per heavy atom. The van der Waals surface area contributed by atoms with Gasteiger partial charge in [0.1, 0.15) is 6.04 Å². The number of hydrogen-bond acceptors (Lipinski definition) is 3. The number of amides is 1. The molecule has 0 bridgehead atoms. The molecule has 2 fully saturated rings. The fourth-order valence-electron chi connectivity index (χ4n) is 6.35. The lowest BCUT2D eigenvalue weighted by Crippen LogP contribution is -2.43. The van der Waals surface area contributed by atoms with Crippen LogP contribution in [0.3, 0.4) is 0 Å². The first-order chi connectivity index (χ1) is 14.5. The van der Waals surface area contributed by atoms with E-state index in [-0.39, 0.29) is 11.9 Å². The van der Waals surface area contributed by atoms with Gasteiger partial charge in [0.15, 0.2) is 0 Å². The standard InChI is InChI=1S/C26H35N3O/c1-16-3-5-18-11-19-6-4-17(2)10-24(19)22(23(18)9-16)7-8-28-15-26(30)29-21(14-27)12-20-13-25(20)29/h11,16-17,20-21,25,28H,3-10,12-13,15H2,1-2H3/t16?,17?,20-,21?,25+/m1/s1. The predicted molar refractivity (Wildman–Crippen MR) is 118 cm³/mol. The van der Waals surface area contributed by atoms with Crippen molar-refractivity contribution in [2.75, 3.05) is 13.1 Å². The highest BCUT2D eigenvalue weighted by Gasteiger charge is 2.53. The summed E-state index contributed by atoms with van der Waals surface area (Å²) in [5, 5.41) is 12.8. The zero-order chi connectivity index (χ0) is 20.8. The molecule has 1 saturated carbocycles. The summed E-state index contributed by atoms with van der Waals surface area (Å²) in [5.41, 5.74) is 8.04. The van der Waals surface area contributed by atoms with Gasteiger partial charge in [0.2, 0.25) is 5.91 Å². The second-order valence-corrected chi connectivity index (χ2v) is 10.5. The maximum absolute atomic E-state index is 12.7. The lowest BCUT2D eigenvalue weighted by molar-refractivity contribution is -0.131. The average molecular weight is 406 g/mol. The molecule has 1 aliphatic heterocycles. The molecule has 4 heteroatoms. The van der Waals surface area contributed by atoms with E-state index in [0.29, 0.717) is 18.5 Å². The lowest BCUT2D eigenvalue weighted by Gasteiger charge is -2.31. The van der Waals surface area contributed by atoms with Gasteiger partial charge in [-0.2, -0.15) is 5.26 Å². The topological polar surface area (TPSA) is 56.1 Å². The minimum Gasteiger partial charge on any atom is -0.322 e. The van der Waals surface area contributed by atoms with Crippen molar-refractivity contribution < 1.29 is 4.79 Å². The number of carbonyl (C=O) groups is 1. The molecule has 1 saturated heterocycles. The van der Waals surface area contributed by atoms with Gasteiger partial charge in [0.05, 0.1) is 12.6 Å². The summed E-state index contributed by atoms with van der Waals surface area (Å²) < 4.78 is 0. The van der Waals surface area contributed by atoms with Crippen LogP contribution in [0.25, 0.3) is 0 Å². The first-order valence-corrected chi connectivity index (χ1v) is 12.1. The van der Waals surface area contributed by atoms with Crippen molar-refractivity contribution in [2.24, 2.45) is 17.8 Å². The van der Waals surface area contributed by atoms with Crippen molar-refractivity contribution in [2.45, 2.75) is 83.7 Å². The second kappa shape index (κ2) is 8.00. The van der Waals surface area contributed by atoms with E-state index in [1.54, 1.807) is 27.8 Å². The zero-order valence-electron chi connectivity index (χ0n) is 18.5. The van der Waals surface area contributed by atoms with Gasteiger partial charge in [0, 0.05) is 6.04 Å². The van der Waals surface area contributed by atoms with Crippen molar-refractivity contribution >= 4 is 5.91 Å². The quantitative estimate of drug-likeness (QED) is 0.762. The molecular weight excluding hydrogens is 370 g/mol. The smallest absolute Gasteiger partial charge is 0.237 e. The number of nitrogens with zero attached hydrogens (tertiary/aromatic N) is 2. The van der Waals surface area contributed by atoms with Crippen LogP contribution in [0.5, 0.6) is 0 Å². The fourth-order valence-corrected chi connectivity index (χ4v) is 6.35. The van der Waals surface area contributed by atoms with Crippen LogP contribution >= 0.6 is 0 Å². The molecule has 4 nitrogen and oxygen atoms in total. The van der Waals surface area contributed by atoms with Gasteiger partial charge >= 0.3 is 0 Å². The minimum absolute atomic E-state index is 0.117. The average Bonchev–Trinajstić information content (AvgIpc) is 3.40. The Labute approximate surface area is 181 Å². The second-order valence-electron chi connectivity index (χ2n) is 10.5. The molecule has 1 aromatic carbocycles. The van der Waals surface area contributed by atoms with E-state index in [2.05, 4.69) is 31.3 Å². The highest BCUT2D eigenvalue weighted by atomic mass is 16.2. The molecular formula is C26H35N3O. The molecule has 0 radical (unpaired) electrons. The number of hydrogen-bond donors (Lipinski definition) is 1. The predicted octanol–water partition coefficient (Wildman–Crippen LogP) is 3.58. The molecule has 0 spiro atoms. The van der Waals surface area contributed by atoms with Gasteiger partial charge in [0.25, 0.3) is 0 Å². The number of piperidine rings is 1. The Bertz CT molecular complexity index is 847. The maximum atomic E-state index is 12.7. The minimum atomic E-state index is -0.195. The van der Waals surface area contributed by atoms with Crippen LogP contribution in [-0.4, -0.2) is 36.0 Å². The molecule has 1 heterocycles. The molecule has 160 valence electrons. The maximum Gasteiger partial charge on any atom is 0.237 e. The number of nitriles is 1. The molecule has 1 aromatic rings. The number of nitrogens with one attached hydrogen (secondary N) is 1. The molecule has 30 heavy (non-hydrogen) atoms. The summed E-state index contributed by atoms with van der Waals surface area (Å²) in [7, 11) is 0. The molecule has 3 unspecified atom stereocenters. The van der Waals surface area contributed by atoms with Crippen LogP contribution in [0.4, 0.5) is 0 Å². The third-order valence-corrected chi connectivity index (χ3v) is 8.14. The van der Waals surface area contributed by atoms with E-state index in [4.69, 9.17) is 0 Å². The summed E-state index contributed by atoms with van der Waals surface area (Å²) in [4.78, 5) is 14.6. The SMILES string of the molecule is CC1CCc2cc3c(c(CCNCC(=O)N4C(C#N)C[C@@H]5C[C@@H]54)c2C1)CC(C)CC3. The Morgan fingerprint density at radius 3 is 2.43 bits per heavy atom. The summed E-state index contributed by atoms with van der Waals surface area (Å²) >= 11 is 0. The third-order valence-electron chi connectivity index (χ3n) is 8.14.